The molecule has 15 heavy (non-hydrogen) atoms. The summed E-state index contributed by atoms with van der Waals surface area (Å²) in [6.45, 7) is 0. The van der Waals surface area contributed by atoms with Crippen LogP contribution in [0.4, 0.5) is 0 Å². The maximum Gasteiger partial charge on any atom is 0.106 e. The van der Waals surface area contributed by atoms with Crippen LogP contribution in [0.1, 0.15) is 22.8 Å². The second-order valence-electron chi connectivity index (χ2n) is 3.55. The lowest BCUT2D eigenvalue weighted by molar-refractivity contribution is 0.218. The Morgan fingerprint density at radius 1 is 1.13 bits per heavy atom. The van der Waals surface area contributed by atoms with Gasteiger partial charge >= 0.3 is 0 Å². The van der Waals surface area contributed by atoms with Gasteiger partial charge in [-0.15, -0.1) is 23.1 Å². The van der Waals surface area contributed by atoms with Gasteiger partial charge in [-0.3, -0.25) is 0 Å². The van der Waals surface area contributed by atoms with Crippen LogP contribution in [0.5, 0.6) is 0 Å². The Labute approximate surface area is 96.8 Å². The molecule has 0 saturated carbocycles. The predicted octanol–water partition coefficient (Wildman–Crippen LogP) is 3.44. The Morgan fingerprint density at radius 3 is 2.93 bits per heavy atom. The first-order valence-electron chi connectivity index (χ1n) is 4.82. The first-order chi connectivity index (χ1) is 7.36. The zero-order valence-electron chi connectivity index (χ0n) is 8.01. The molecule has 2 heterocycles. The number of rotatable bonds is 0. The SMILES string of the molecule is O[C@H]1c2ccccc2CSc2sccc21. The first kappa shape index (κ1) is 9.46. The highest BCUT2D eigenvalue weighted by atomic mass is 32.2. The van der Waals surface area contributed by atoms with Gasteiger partial charge in [0.1, 0.15) is 6.10 Å². The van der Waals surface area contributed by atoms with Gasteiger partial charge in [-0.05, 0) is 22.6 Å². The van der Waals surface area contributed by atoms with E-state index in [-0.39, 0.29) is 0 Å². The van der Waals surface area contributed by atoms with E-state index < -0.39 is 6.10 Å². The van der Waals surface area contributed by atoms with Crippen molar-refractivity contribution in [2.24, 2.45) is 0 Å². The molecule has 0 fully saturated rings. The van der Waals surface area contributed by atoms with Gasteiger partial charge in [-0.25, -0.2) is 0 Å². The van der Waals surface area contributed by atoms with Crippen LogP contribution < -0.4 is 0 Å². The van der Waals surface area contributed by atoms with Gasteiger partial charge in [0.05, 0.1) is 4.21 Å². The van der Waals surface area contributed by atoms with E-state index in [0.29, 0.717) is 0 Å². The third kappa shape index (κ3) is 1.51. The molecule has 1 aliphatic rings. The van der Waals surface area contributed by atoms with Crippen LogP contribution in [0.15, 0.2) is 39.9 Å². The molecule has 0 saturated heterocycles. The van der Waals surface area contributed by atoms with E-state index in [4.69, 9.17) is 0 Å². The fourth-order valence-corrected chi connectivity index (χ4v) is 4.03. The van der Waals surface area contributed by atoms with Gasteiger partial charge in [-0.2, -0.15) is 0 Å². The van der Waals surface area contributed by atoms with Crippen molar-refractivity contribution in [2.45, 2.75) is 16.1 Å². The molecule has 0 spiro atoms. The Bertz CT molecular complexity index is 490. The molecular weight excluding hydrogens is 224 g/mol. The zero-order chi connectivity index (χ0) is 10.3. The summed E-state index contributed by atoms with van der Waals surface area (Å²) in [6.07, 6.45) is -0.447. The van der Waals surface area contributed by atoms with Crippen LogP contribution in [0.25, 0.3) is 0 Å². The average molecular weight is 234 g/mol. The number of thiophene rings is 1. The summed E-state index contributed by atoms with van der Waals surface area (Å²) in [5.41, 5.74) is 3.37. The van der Waals surface area contributed by atoms with Crippen LogP contribution in [0.3, 0.4) is 0 Å². The second-order valence-corrected chi connectivity index (χ2v) is 5.71. The molecule has 76 valence electrons. The van der Waals surface area contributed by atoms with Gasteiger partial charge in [0.15, 0.2) is 0 Å². The van der Waals surface area contributed by atoms with Crippen molar-refractivity contribution >= 4 is 23.1 Å². The average Bonchev–Trinajstić information content (AvgIpc) is 2.69. The van der Waals surface area contributed by atoms with Crippen molar-refractivity contribution in [3.63, 3.8) is 0 Å². The van der Waals surface area contributed by atoms with Gasteiger partial charge < -0.3 is 5.11 Å². The fraction of sp³-hybridized carbons (Fsp3) is 0.167. The molecule has 1 aromatic heterocycles. The molecule has 1 aliphatic heterocycles. The summed E-state index contributed by atoms with van der Waals surface area (Å²) in [6, 6.07) is 10.2. The van der Waals surface area contributed by atoms with Crippen LogP contribution in [-0.2, 0) is 5.75 Å². The normalized spacial score (nSPS) is 19.1. The number of hydrogen-bond donors (Lipinski definition) is 1. The molecule has 3 heteroatoms. The number of aliphatic hydroxyl groups excluding tert-OH is 1. The molecule has 0 aliphatic carbocycles. The van der Waals surface area contributed by atoms with Crippen molar-refractivity contribution in [2.75, 3.05) is 0 Å². The first-order valence-corrected chi connectivity index (χ1v) is 6.69. The van der Waals surface area contributed by atoms with E-state index in [1.165, 1.54) is 9.77 Å². The number of hydrogen-bond acceptors (Lipinski definition) is 3. The molecule has 0 bridgehead atoms. The quantitative estimate of drug-likeness (QED) is 0.753. The maximum atomic E-state index is 10.3. The highest BCUT2D eigenvalue weighted by Gasteiger charge is 2.22. The lowest BCUT2D eigenvalue weighted by Crippen LogP contribution is -2.00. The Morgan fingerprint density at radius 2 is 2.00 bits per heavy atom. The van der Waals surface area contributed by atoms with Crippen molar-refractivity contribution in [3.05, 3.63) is 52.4 Å². The van der Waals surface area contributed by atoms with E-state index in [2.05, 4.69) is 11.4 Å². The summed E-state index contributed by atoms with van der Waals surface area (Å²) in [7, 11) is 0. The molecule has 0 radical (unpaired) electrons. The molecule has 3 rings (SSSR count). The molecule has 0 amide bonds. The van der Waals surface area contributed by atoms with Crippen LogP contribution in [0.2, 0.25) is 0 Å². The predicted molar refractivity (Wildman–Crippen MR) is 64.4 cm³/mol. The van der Waals surface area contributed by atoms with E-state index in [1.807, 2.05) is 36.0 Å². The summed E-state index contributed by atoms with van der Waals surface area (Å²) >= 11 is 3.54. The van der Waals surface area contributed by atoms with Gasteiger partial charge in [0, 0.05) is 11.3 Å². The maximum absolute atomic E-state index is 10.3. The van der Waals surface area contributed by atoms with Crippen LogP contribution in [0, 0.1) is 0 Å². The largest absolute Gasteiger partial charge is 0.384 e. The minimum Gasteiger partial charge on any atom is -0.384 e. The van der Waals surface area contributed by atoms with E-state index in [9.17, 15) is 5.11 Å². The van der Waals surface area contributed by atoms with Crippen LogP contribution in [-0.4, -0.2) is 5.11 Å². The summed E-state index contributed by atoms with van der Waals surface area (Å²) in [4.78, 5) is 0. The minimum absolute atomic E-state index is 0.447. The van der Waals surface area contributed by atoms with Gasteiger partial charge in [0.25, 0.3) is 0 Å². The third-order valence-electron chi connectivity index (χ3n) is 2.66. The highest BCUT2D eigenvalue weighted by Crippen LogP contribution is 2.41. The molecular formula is C12H10OS2. The summed E-state index contributed by atoms with van der Waals surface area (Å²) in [5, 5.41) is 12.3. The Kier molecular flexibility index (Phi) is 2.31. The van der Waals surface area contributed by atoms with Crippen molar-refractivity contribution in [1.29, 1.82) is 0 Å². The number of thioether (sulfide) groups is 1. The van der Waals surface area contributed by atoms with Gasteiger partial charge in [0.2, 0.25) is 0 Å². The van der Waals surface area contributed by atoms with E-state index in [1.54, 1.807) is 11.3 Å². The standard InChI is InChI=1S/C12H10OS2/c13-11-9-4-2-1-3-8(9)7-15-12-10(11)5-6-14-12/h1-6,11,13H,7H2/t11-/m0/s1. The molecule has 1 nitrogen and oxygen atoms in total. The number of aliphatic hydroxyl groups is 1. The smallest absolute Gasteiger partial charge is 0.106 e. The lowest BCUT2D eigenvalue weighted by Gasteiger charge is -2.11. The van der Waals surface area contributed by atoms with Gasteiger partial charge in [-0.1, -0.05) is 24.3 Å². The molecule has 0 unspecified atom stereocenters. The third-order valence-corrected chi connectivity index (χ3v) is 4.98. The molecule has 1 N–H and O–H groups in total. The fourth-order valence-electron chi connectivity index (χ4n) is 1.87. The van der Waals surface area contributed by atoms with Crippen LogP contribution >= 0.6 is 23.1 Å². The topological polar surface area (TPSA) is 20.2 Å². The zero-order valence-corrected chi connectivity index (χ0v) is 9.65. The van der Waals surface area contributed by atoms with Crippen molar-refractivity contribution < 1.29 is 5.11 Å². The molecule has 2 aromatic rings. The van der Waals surface area contributed by atoms with Crippen molar-refractivity contribution in [3.8, 4) is 0 Å². The number of benzene rings is 1. The second kappa shape index (κ2) is 3.67. The van der Waals surface area contributed by atoms with Crippen molar-refractivity contribution in [1.82, 2.24) is 0 Å². The lowest BCUT2D eigenvalue weighted by atomic mass is 10.00. The number of fused-ring (bicyclic) bond motifs is 2. The van der Waals surface area contributed by atoms with E-state index >= 15 is 0 Å². The van der Waals surface area contributed by atoms with E-state index in [0.717, 1.165) is 16.9 Å². The summed E-state index contributed by atoms with van der Waals surface area (Å²) in [5.74, 6) is 0.959. The Hall–Kier alpha value is -0.770. The highest BCUT2D eigenvalue weighted by molar-refractivity contribution is 8.00. The molecule has 1 atom stereocenters. The monoisotopic (exact) mass is 234 g/mol. The Balaban J connectivity index is 2.18. The summed E-state index contributed by atoms with van der Waals surface area (Å²) < 4.78 is 1.25. The molecule has 1 aromatic carbocycles. The minimum atomic E-state index is -0.447.